The highest BCUT2D eigenvalue weighted by Gasteiger charge is 2.30. The van der Waals surface area contributed by atoms with Crippen molar-refractivity contribution < 1.29 is 4.79 Å². The number of amides is 2. The Morgan fingerprint density at radius 1 is 0.576 bits per heavy atom. The van der Waals surface area contributed by atoms with Gasteiger partial charge in [0.2, 0.25) is 5.29 Å². The molecule has 0 N–H and O–H groups in total. The zero-order chi connectivity index (χ0) is 22.4. The predicted molar refractivity (Wildman–Crippen MR) is 137 cm³/mol. The number of halogens is 1. The van der Waals surface area contributed by atoms with Gasteiger partial charge in [-0.3, -0.25) is 9.80 Å². The summed E-state index contributed by atoms with van der Waals surface area (Å²) in [5.41, 5.74) is 3.40. The Balaban J connectivity index is 1.45. The number of urea groups is 1. The van der Waals surface area contributed by atoms with Gasteiger partial charge in [0.05, 0.1) is 22.7 Å². The van der Waals surface area contributed by atoms with Crippen molar-refractivity contribution in [2.75, 3.05) is 9.80 Å². The molecule has 4 aromatic rings. The molecule has 4 aromatic carbocycles. The Hall–Kier alpha value is -3.19. The molecule has 33 heavy (non-hydrogen) atoms. The van der Waals surface area contributed by atoms with Crippen LogP contribution in [-0.4, -0.2) is 11.3 Å². The van der Waals surface area contributed by atoms with Gasteiger partial charge in [-0.1, -0.05) is 72.1 Å². The molecule has 0 aromatic heterocycles. The fourth-order valence-corrected chi connectivity index (χ4v) is 6.36. The summed E-state index contributed by atoms with van der Waals surface area (Å²) in [6, 6.07) is 31.2. The van der Waals surface area contributed by atoms with Gasteiger partial charge in [-0.15, -0.1) is 0 Å². The number of carbonyl (C=O) groups is 1. The molecule has 0 saturated heterocycles. The third-order valence-electron chi connectivity index (χ3n) is 5.43. The summed E-state index contributed by atoms with van der Waals surface area (Å²) < 4.78 is 0. The molecule has 0 bridgehead atoms. The van der Waals surface area contributed by atoms with E-state index in [9.17, 15) is 4.79 Å². The maximum absolute atomic E-state index is 13.6. The van der Waals surface area contributed by atoms with Crippen LogP contribution in [0.3, 0.4) is 0 Å². The number of fused-ring (bicyclic) bond motifs is 4. The normalized spacial score (nSPS) is 14.2. The van der Waals surface area contributed by atoms with E-state index in [1.807, 2.05) is 102 Å². The first-order chi connectivity index (χ1) is 16.2. The molecule has 0 unspecified atom stereocenters. The number of carbonyl (C=O) groups excluding carboxylic acids is 1. The highest BCUT2D eigenvalue weighted by molar-refractivity contribution is 8.00. The molecule has 4 nitrogen and oxygen atoms in total. The second-order valence-electron chi connectivity index (χ2n) is 7.41. The Labute approximate surface area is 204 Å². The van der Waals surface area contributed by atoms with Gasteiger partial charge in [0.15, 0.2) is 0 Å². The van der Waals surface area contributed by atoms with Crippen LogP contribution >= 0.6 is 35.1 Å². The van der Waals surface area contributed by atoms with E-state index in [4.69, 9.17) is 11.6 Å². The lowest BCUT2D eigenvalue weighted by atomic mass is 10.2. The fourth-order valence-electron chi connectivity index (χ4n) is 3.99. The number of para-hydroxylation sites is 4. The molecule has 7 heteroatoms. The Morgan fingerprint density at radius 3 is 1.30 bits per heavy atom. The van der Waals surface area contributed by atoms with E-state index in [0.717, 1.165) is 42.3 Å². The van der Waals surface area contributed by atoms with Gasteiger partial charge in [0.25, 0.3) is 0 Å². The first-order valence-electron chi connectivity index (χ1n) is 10.3. The zero-order valence-corrected chi connectivity index (χ0v) is 19.6. The highest BCUT2D eigenvalue weighted by atomic mass is 35.5. The van der Waals surface area contributed by atoms with Crippen molar-refractivity contribution in [3.8, 4) is 0 Å². The van der Waals surface area contributed by atoms with Crippen LogP contribution in [-0.2, 0) is 0 Å². The SMILES string of the molecule is O=C(N=C(Cl)N1c2ccccc2Sc2ccccc21)N1c2ccccc2Sc2ccccc21. The van der Waals surface area contributed by atoms with Crippen molar-refractivity contribution in [3.05, 3.63) is 97.1 Å². The van der Waals surface area contributed by atoms with E-state index in [1.54, 1.807) is 28.4 Å². The molecular weight excluding hydrogens is 470 g/mol. The van der Waals surface area contributed by atoms with Crippen LogP contribution in [0.15, 0.2) is 122 Å². The lowest BCUT2D eigenvalue weighted by Crippen LogP contribution is -2.30. The van der Waals surface area contributed by atoms with Gasteiger partial charge >= 0.3 is 6.03 Å². The smallest absolute Gasteiger partial charge is 0.283 e. The molecular formula is C26H16ClN3OS2. The number of anilines is 4. The first kappa shape index (κ1) is 20.4. The minimum atomic E-state index is -0.437. The van der Waals surface area contributed by atoms with Crippen LogP contribution in [0.25, 0.3) is 0 Å². The number of aliphatic imine (C=N–C) groups is 1. The van der Waals surface area contributed by atoms with Crippen LogP contribution < -0.4 is 9.80 Å². The molecule has 0 aliphatic carbocycles. The Morgan fingerprint density at radius 2 is 0.909 bits per heavy atom. The summed E-state index contributed by atoms with van der Waals surface area (Å²) in [6.07, 6.45) is 0. The quantitative estimate of drug-likeness (QED) is 0.142. The summed E-state index contributed by atoms with van der Waals surface area (Å²) in [7, 11) is 0. The van der Waals surface area contributed by atoms with Gasteiger partial charge in [-0.25, -0.2) is 4.79 Å². The van der Waals surface area contributed by atoms with Crippen molar-refractivity contribution in [1.82, 2.24) is 0 Å². The van der Waals surface area contributed by atoms with E-state index in [0.29, 0.717) is 0 Å². The highest BCUT2D eigenvalue weighted by Crippen LogP contribution is 2.50. The van der Waals surface area contributed by atoms with Crippen LogP contribution in [0, 0.1) is 0 Å². The summed E-state index contributed by atoms with van der Waals surface area (Å²) in [5.74, 6) is 0. The fraction of sp³-hybridized carbons (Fsp3) is 0. The molecule has 0 fully saturated rings. The maximum Gasteiger partial charge on any atom is 0.355 e. The van der Waals surface area contributed by atoms with Gasteiger partial charge < -0.3 is 0 Å². The van der Waals surface area contributed by atoms with Gasteiger partial charge in [0, 0.05) is 19.6 Å². The van der Waals surface area contributed by atoms with E-state index < -0.39 is 6.03 Å². The average Bonchev–Trinajstić information content (AvgIpc) is 2.85. The molecule has 0 saturated carbocycles. The topological polar surface area (TPSA) is 35.9 Å². The molecule has 0 atom stereocenters. The number of hydrogen-bond donors (Lipinski definition) is 0. The van der Waals surface area contributed by atoms with E-state index in [1.165, 1.54) is 0 Å². The molecule has 2 aliphatic heterocycles. The molecule has 2 amide bonds. The third-order valence-corrected chi connectivity index (χ3v) is 7.94. The van der Waals surface area contributed by atoms with Crippen molar-refractivity contribution in [3.63, 3.8) is 0 Å². The van der Waals surface area contributed by atoms with Crippen molar-refractivity contribution in [2.24, 2.45) is 4.99 Å². The number of amidine groups is 1. The molecule has 160 valence electrons. The second kappa shape index (κ2) is 8.30. The van der Waals surface area contributed by atoms with Crippen LogP contribution in [0.2, 0.25) is 0 Å². The van der Waals surface area contributed by atoms with Crippen LogP contribution in [0.5, 0.6) is 0 Å². The summed E-state index contributed by atoms with van der Waals surface area (Å²) >= 11 is 10.1. The number of hydrogen-bond acceptors (Lipinski definition) is 3. The maximum atomic E-state index is 13.6. The number of benzene rings is 4. The van der Waals surface area contributed by atoms with E-state index in [2.05, 4.69) is 4.99 Å². The first-order valence-corrected chi connectivity index (χ1v) is 12.3. The average molecular weight is 486 g/mol. The molecule has 0 spiro atoms. The third kappa shape index (κ3) is 3.51. The minimum absolute atomic E-state index is 0.105. The molecule has 0 radical (unpaired) electrons. The van der Waals surface area contributed by atoms with E-state index in [-0.39, 0.29) is 5.29 Å². The lowest BCUT2D eigenvalue weighted by Gasteiger charge is -2.32. The minimum Gasteiger partial charge on any atom is -0.283 e. The molecule has 2 aliphatic rings. The van der Waals surface area contributed by atoms with Gasteiger partial charge in [-0.05, 0) is 60.1 Å². The van der Waals surface area contributed by atoms with E-state index >= 15 is 0 Å². The monoisotopic (exact) mass is 485 g/mol. The summed E-state index contributed by atoms with van der Waals surface area (Å²) in [5, 5.41) is 0.105. The number of rotatable bonds is 0. The second-order valence-corrected chi connectivity index (χ2v) is 9.91. The molecule has 6 rings (SSSR count). The van der Waals surface area contributed by atoms with Crippen LogP contribution in [0.4, 0.5) is 27.5 Å². The van der Waals surface area contributed by atoms with Crippen molar-refractivity contribution in [1.29, 1.82) is 0 Å². The van der Waals surface area contributed by atoms with Crippen LogP contribution in [0.1, 0.15) is 0 Å². The largest absolute Gasteiger partial charge is 0.355 e. The van der Waals surface area contributed by atoms with Gasteiger partial charge in [0.1, 0.15) is 0 Å². The zero-order valence-electron chi connectivity index (χ0n) is 17.2. The van der Waals surface area contributed by atoms with Crippen molar-refractivity contribution >= 4 is 69.2 Å². The predicted octanol–water partition coefficient (Wildman–Crippen LogP) is 8.31. The molecule has 2 heterocycles. The summed E-state index contributed by atoms with van der Waals surface area (Å²) in [6.45, 7) is 0. The van der Waals surface area contributed by atoms with Gasteiger partial charge in [-0.2, -0.15) is 4.99 Å². The Kier molecular flexibility index (Phi) is 5.14. The summed E-state index contributed by atoms with van der Waals surface area (Å²) in [4.78, 5) is 25.6. The van der Waals surface area contributed by atoms with Crippen molar-refractivity contribution in [2.45, 2.75) is 19.6 Å². The lowest BCUT2D eigenvalue weighted by molar-refractivity contribution is 0.256. The Bertz CT molecular complexity index is 1350. The number of nitrogens with zero attached hydrogens (tertiary/aromatic N) is 3. The standard InChI is InChI=1S/C26H16ClN3OS2/c27-25(29-17-9-1-5-13-21(17)32-22-14-6-2-10-18(22)29)28-26(31)30-19-11-3-7-15-23(19)33-24-16-8-4-12-20(24)30/h1-16H.